The number of rotatable bonds is 5. The van der Waals surface area contributed by atoms with Gasteiger partial charge in [0.2, 0.25) is 0 Å². The van der Waals surface area contributed by atoms with Crippen molar-refractivity contribution in [1.29, 1.82) is 0 Å². The Morgan fingerprint density at radius 1 is 1.20 bits per heavy atom. The van der Waals surface area contributed by atoms with Gasteiger partial charge in [-0.15, -0.1) is 0 Å². The predicted octanol–water partition coefficient (Wildman–Crippen LogP) is 4.50. The van der Waals surface area contributed by atoms with Gasteiger partial charge >= 0.3 is 0 Å². The summed E-state index contributed by atoms with van der Waals surface area (Å²) in [6.07, 6.45) is 0.230. The Bertz CT molecular complexity index is 569. The van der Waals surface area contributed by atoms with Gasteiger partial charge in [-0.3, -0.25) is 0 Å². The first-order valence-electron chi connectivity index (χ1n) is 6.45. The van der Waals surface area contributed by atoms with Gasteiger partial charge in [0.25, 0.3) is 0 Å². The van der Waals surface area contributed by atoms with Crippen molar-refractivity contribution in [2.75, 3.05) is 0 Å². The van der Waals surface area contributed by atoms with Crippen LogP contribution in [-0.2, 0) is 6.61 Å². The molecule has 0 saturated heterocycles. The molecule has 0 aliphatic carbocycles. The van der Waals surface area contributed by atoms with E-state index in [1.807, 2.05) is 19.1 Å². The summed E-state index contributed by atoms with van der Waals surface area (Å²) in [5, 5.41) is 9.78. The first-order valence-corrected chi connectivity index (χ1v) is 6.82. The lowest BCUT2D eigenvalue weighted by molar-refractivity contribution is 0.173. The zero-order valence-corrected chi connectivity index (χ0v) is 11.9. The summed E-state index contributed by atoms with van der Waals surface area (Å²) in [7, 11) is 0. The van der Waals surface area contributed by atoms with E-state index in [0.29, 0.717) is 18.8 Å². The third kappa shape index (κ3) is 3.71. The number of hydrogen-bond donors (Lipinski definition) is 1. The molecule has 0 radical (unpaired) electrons. The highest BCUT2D eigenvalue weighted by atomic mass is 35.5. The van der Waals surface area contributed by atoms with Crippen molar-refractivity contribution in [2.24, 2.45) is 0 Å². The minimum atomic E-state index is -0.444. The van der Waals surface area contributed by atoms with Gasteiger partial charge in [-0.25, -0.2) is 4.39 Å². The van der Waals surface area contributed by atoms with E-state index in [1.165, 1.54) is 6.07 Å². The van der Waals surface area contributed by atoms with Gasteiger partial charge in [0.15, 0.2) is 0 Å². The van der Waals surface area contributed by atoms with Crippen LogP contribution in [0, 0.1) is 5.82 Å². The lowest BCUT2D eigenvalue weighted by Gasteiger charge is -2.10. The van der Waals surface area contributed by atoms with Gasteiger partial charge in [0.1, 0.15) is 18.2 Å². The molecule has 0 saturated carbocycles. The summed E-state index contributed by atoms with van der Waals surface area (Å²) in [4.78, 5) is 0. The average molecular weight is 295 g/mol. The number of hydrogen-bond acceptors (Lipinski definition) is 2. The van der Waals surface area contributed by atoms with Crippen LogP contribution in [0.3, 0.4) is 0 Å². The highest BCUT2D eigenvalue weighted by Gasteiger charge is 2.05. The second-order valence-corrected chi connectivity index (χ2v) is 4.94. The fourth-order valence-electron chi connectivity index (χ4n) is 1.82. The molecule has 0 aromatic heterocycles. The smallest absolute Gasteiger partial charge is 0.141 e. The predicted molar refractivity (Wildman–Crippen MR) is 77.4 cm³/mol. The van der Waals surface area contributed by atoms with Gasteiger partial charge in [-0.1, -0.05) is 36.7 Å². The number of aliphatic hydroxyl groups excluding tert-OH is 1. The summed E-state index contributed by atoms with van der Waals surface area (Å²) in [5.41, 5.74) is 1.67. The van der Waals surface area contributed by atoms with Crippen molar-refractivity contribution < 1.29 is 14.2 Å². The Hall–Kier alpha value is -1.58. The lowest BCUT2D eigenvalue weighted by Crippen LogP contribution is -1.98. The zero-order chi connectivity index (χ0) is 14.5. The number of ether oxygens (including phenoxy) is 1. The van der Waals surface area contributed by atoms with Crippen molar-refractivity contribution in [3.63, 3.8) is 0 Å². The first kappa shape index (κ1) is 14.8. The highest BCUT2D eigenvalue weighted by Crippen LogP contribution is 2.21. The molecule has 1 atom stereocenters. The molecule has 0 fully saturated rings. The van der Waals surface area contributed by atoms with Gasteiger partial charge in [0, 0.05) is 0 Å². The van der Waals surface area contributed by atoms with Crippen LogP contribution in [0.15, 0.2) is 42.5 Å². The molecule has 4 heteroatoms. The Morgan fingerprint density at radius 3 is 2.50 bits per heavy atom. The molecule has 0 aliphatic rings. The molecule has 0 heterocycles. The van der Waals surface area contributed by atoms with Crippen LogP contribution in [0.1, 0.15) is 30.6 Å². The van der Waals surface area contributed by atoms with E-state index in [1.54, 1.807) is 24.3 Å². The highest BCUT2D eigenvalue weighted by molar-refractivity contribution is 6.30. The Labute approximate surface area is 122 Å². The Morgan fingerprint density at radius 2 is 1.90 bits per heavy atom. The molecule has 106 valence electrons. The van der Waals surface area contributed by atoms with E-state index in [9.17, 15) is 9.50 Å². The third-order valence-electron chi connectivity index (χ3n) is 3.04. The molecule has 2 nitrogen and oxygen atoms in total. The molecule has 2 aromatic carbocycles. The lowest BCUT2D eigenvalue weighted by atomic mass is 10.1. The van der Waals surface area contributed by atoms with Crippen LogP contribution < -0.4 is 4.74 Å². The van der Waals surface area contributed by atoms with Gasteiger partial charge in [0.05, 0.1) is 11.1 Å². The maximum absolute atomic E-state index is 13.0. The van der Waals surface area contributed by atoms with Crippen LogP contribution in [0.25, 0.3) is 0 Å². The SMILES string of the molecule is CCC(O)c1ccc(OCc2ccc(F)c(Cl)c2)cc1. The van der Waals surface area contributed by atoms with Crippen LogP contribution in [0.2, 0.25) is 5.02 Å². The molecule has 2 aromatic rings. The largest absolute Gasteiger partial charge is 0.489 e. The van der Waals surface area contributed by atoms with Crippen molar-refractivity contribution in [2.45, 2.75) is 26.1 Å². The van der Waals surface area contributed by atoms with Crippen molar-refractivity contribution >= 4 is 11.6 Å². The number of halogens is 2. The maximum Gasteiger partial charge on any atom is 0.141 e. The van der Waals surface area contributed by atoms with E-state index in [2.05, 4.69) is 0 Å². The summed E-state index contributed by atoms with van der Waals surface area (Å²) >= 11 is 5.71. The fraction of sp³-hybridized carbons (Fsp3) is 0.250. The summed E-state index contributed by atoms with van der Waals surface area (Å²) < 4.78 is 18.6. The second kappa shape index (κ2) is 6.73. The monoisotopic (exact) mass is 294 g/mol. The van der Waals surface area contributed by atoms with Crippen molar-refractivity contribution in [3.8, 4) is 5.75 Å². The van der Waals surface area contributed by atoms with Gasteiger partial charge in [-0.2, -0.15) is 0 Å². The van der Waals surface area contributed by atoms with E-state index >= 15 is 0 Å². The molecule has 0 spiro atoms. The quantitative estimate of drug-likeness (QED) is 0.879. The van der Waals surface area contributed by atoms with Crippen molar-refractivity contribution in [3.05, 3.63) is 64.4 Å². The van der Waals surface area contributed by atoms with Crippen LogP contribution in [0.5, 0.6) is 5.75 Å². The standard InChI is InChI=1S/C16H16ClFO2/c1-2-16(19)12-4-6-13(7-5-12)20-10-11-3-8-15(18)14(17)9-11/h3-9,16,19H,2,10H2,1H3. The summed E-state index contributed by atoms with van der Waals surface area (Å²) in [5.74, 6) is 0.255. The van der Waals surface area contributed by atoms with Crippen LogP contribution >= 0.6 is 11.6 Å². The van der Waals surface area contributed by atoms with Crippen LogP contribution in [-0.4, -0.2) is 5.11 Å². The van der Waals surface area contributed by atoms with Crippen LogP contribution in [0.4, 0.5) is 4.39 Å². The van der Waals surface area contributed by atoms with Gasteiger partial charge < -0.3 is 9.84 Å². The normalized spacial score (nSPS) is 12.2. The maximum atomic E-state index is 13.0. The Kier molecular flexibility index (Phi) is 4.99. The molecule has 20 heavy (non-hydrogen) atoms. The molecular weight excluding hydrogens is 279 g/mol. The molecular formula is C16H16ClFO2. The molecule has 1 unspecified atom stereocenters. The van der Waals surface area contributed by atoms with E-state index in [0.717, 1.165) is 11.1 Å². The third-order valence-corrected chi connectivity index (χ3v) is 3.33. The topological polar surface area (TPSA) is 29.5 Å². The molecule has 0 bridgehead atoms. The summed E-state index contributed by atoms with van der Waals surface area (Å²) in [6.45, 7) is 2.24. The molecule has 2 rings (SSSR count). The average Bonchev–Trinajstić information content (AvgIpc) is 2.48. The minimum absolute atomic E-state index is 0.0903. The number of benzene rings is 2. The second-order valence-electron chi connectivity index (χ2n) is 4.53. The fourth-order valence-corrected chi connectivity index (χ4v) is 2.02. The van der Waals surface area contributed by atoms with Crippen molar-refractivity contribution in [1.82, 2.24) is 0 Å². The summed E-state index contributed by atoms with van der Waals surface area (Å²) in [6, 6.07) is 11.8. The van der Waals surface area contributed by atoms with E-state index in [-0.39, 0.29) is 5.02 Å². The minimum Gasteiger partial charge on any atom is -0.489 e. The number of aliphatic hydroxyl groups is 1. The first-order chi connectivity index (χ1) is 9.60. The Balaban J connectivity index is 1.98. The molecule has 0 aliphatic heterocycles. The zero-order valence-electron chi connectivity index (χ0n) is 11.1. The molecule has 0 amide bonds. The van der Waals surface area contributed by atoms with E-state index in [4.69, 9.17) is 16.3 Å². The molecule has 1 N–H and O–H groups in total. The van der Waals surface area contributed by atoms with Gasteiger partial charge in [-0.05, 0) is 41.8 Å². The van der Waals surface area contributed by atoms with E-state index < -0.39 is 11.9 Å².